The number of fused-ring (bicyclic) bond motifs is 3. The Morgan fingerprint density at radius 1 is 1.03 bits per heavy atom. The molecule has 2 aliphatic heterocycles. The third-order valence-corrected chi connectivity index (χ3v) is 9.13. The van der Waals surface area contributed by atoms with Crippen molar-refractivity contribution in [1.29, 1.82) is 0 Å². The van der Waals surface area contributed by atoms with Crippen molar-refractivity contribution in [2.45, 2.75) is 75.3 Å². The summed E-state index contributed by atoms with van der Waals surface area (Å²) >= 11 is 1.78. The molecule has 2 heterocycles. The molecule has 3 atom stereocenters. The summed E-state index contributed by atoms with van der Waals surface area (Å²) in [6.45, 7) is 2.50. The molecule has 2 aliphatic carbocycles. The molecule has 6 nitrogen and oxygen atoms in total. The molecule has 7 heteroatoms. The molecule has 4 aliphatic rings. The lowest BCUT2D eigenvalue weighted by molar-refractivity contribution is -0.136. The maximum atomic E-state index is 13.0. The minimum Gasteiger partial charge on any atom is -0.322 e. The van der Waals surface area contributed by atoms with Gasteiger partial charge in [0.1, 0.15) is 6.04 Å². The monoisotopic (exact) mass is 469 g/mol. The van der Waals surface area contributed by atoms with Gasteiger partial charge in [0.05, 0.1) is 0 Å². The molecule has 3 unspecified atom stereocenters. The fraction of sp³-hybridized carbons (Fsp3) is 0.654. The second-order valence-electron chi connectivity index (χ2n) is 10.3. The van der Waals surface area contributed by atoms with Crippen LogP contribution in [0.2, 0.25) is 0 Å². The molecule has 5 rings (SSSR count). The van der Waals surface area contributed by atoms with E-state index in [0.717, 1.165) is 47.1 Å². The van der Waals surface area contributed by atoms with Gasteiger partial charge in [-0.05, 0) is 74.1 Å². The van der Waals surface area contributed by atoms with E-state index in [1.807, 2.05) is 12.1 Å². The van der Waals surface area contributed by atoms with E-state index in [2.05, 4.69) is 16.7 Å². The van der Waals surface area contributed by atoms with E-state index < -0.39 is 6.04 Å². The van der Waals surface area contributed by atoms with Crippen molar-refractivity contribution in [1.82, 2.24) is 15.5 Å². The van der Waals surface area contributed by atoms with E-state index in [1.54, 1.807) is 16.7 Å². The highest BCUT2D eigenvalue weighted by molar-refractivity contribution is 7.99. The number of imide groups is 1. The molecule has 1 aromatic carbocycles. The number of nitrogens with zero attached hydrogens (tertiary/aromatic N) is 1. The van der Waals surface area contributed by atoms with Crippen LogP contribution in [0.1, 0.15) is 73.7 Å². The maximum absolute atomic E-state index is 13.0. The molecule has 0 aromatic heterocycles. The molecular weight excluding hydrogens is 434 g/mol. The normalized spacial score (nSPS) is 29.2. The van der Waals surface area contributed by atoms with E-state index >= 15 is 0 Å². The van der Waals surface area contributed by atoms with Crippen molar-refractivity contribution < 1.29 is 14.4 Å². The minimum absolute atomic E-state index is 0.0997. The van der Waals surface area contributed by atoms with E-state index in [9.17, 15) is 14.4 Å². The molecule has 1 aromatic rings. The van der Waals surface area contributed by atoms with Gasteiger partial charge in [0.2, 0.25) is 11.8 Å². The van der Waals surface area contributed by atoms with Crippen LogP contribution in [0.3, 0.4) is 0 Å². The zero-order chi connectivity index (χ0) is 22.8. The van der Waals surface area contributed by atoms with Gasteiger partial charge in [-0.3, -0.25) is 19.7 Å². The fourth-order valence-electron chi connectivity index (χ4n) is 6.46. The summed E-state index contributed by atoms with van der Waals surface area (Å²) in [7, 11) is 0. The number of benzene rings is 1. The Labute approximate surface area is 200 Å². The Balaban J connectivity index is 1.08. The summed E-state index contributed by atoms with van der Waals surface area (Å²) in [6.07, 6.45) is 10.7. The maximum Gasteiger partial charge on any atom is 0.255 e. The minimum atomic E-state index is -0.554. The SMILES string of the molecule is O=C1CCC(N2Cc3c(SCCNCCC4CC5CCCC(C5)C4)cccc3C2=O)C(=O)N1. The first kappa shape index (κ1) is 22.9. The first-order valence-corrected chi connectivity index (χ1v) is 13.7. The second-order valence-corrected chi connectivity index (χ2v) is 11.4. The fourth-order valence-corrected chi connectivity index (χ4v) is 7.45. The predicted octanol–water partition coefficient (Wildman–Crippen LogP) is 3.74. The Hall–Kier alpha value is -1.86. The van der Waals surface area contributed by atoms with Crippen LogP contribution in [-0.4, -0.2) is 47.5 Å². The highest BCUT2D eigenvalue weighted by Gasteiger charge is 2.39. The molecule has 0 spiro atoms. The zero-order valence-electron chi connectivity index (χ0n) is 19.3. The van der Waals surface area contributed by atoms with Crippen molar-refractivity contribution in [3.05, 3.63) is 29.3 Å². The molecule has 33 heavy (non-hydrogen) atoms. The summed E-state index contributed by atoms with van der Waals surface area (Å²) in [4.78, 5) is 39.5. The first-order chi connectivity index (χ1) is 16.1. The molecule has 3 fully saturated rings. The lowest BCUT2D eigenvalue weighted by atomic mass is 9.67. The van der Waals surface area contributed by atoms with Crippen LogP contribution in [0, 0.1) is 17.8 Å². The largest absolute Gasteiger partial charge is 0.322 e. The van der Waals surface area contributed by atoms with Gasteiger partial charge in [0.15, 0.2) is 0 Å². The van der Waals surface area contributed by atoms with Crippen molar-refractivity contribution in [3.63, 3.8) is 0 Å². The standard InChI is InChI=1S/C26H35N3O3S/c30-24-8-7-22(25(31)28-24)29-16-21-20(26(29)32)5-2-6-23(21)33-12-11-27-10-9-19-14-17-3-1-4-18(13-17)15-19/h2,5-6,17-19,22,27H,1,3-4,7-16H2,(H,28,30,31). The van der Waals surface area contributed by atoms with Crippen molar-refractivity contribution in [2.24, 2.45) is 17.8 Å². The molecule has 2 N–H and O–H groups in total. The topological polar surface area (TPSA) is 78.5 Å². The van der Waals surface area contributed by atoms with Crippen LogP contribution in [0.5, 0.6) is 0 Å². The molecule has 0 radical (unpaired) electrons. The average molecular weight is 470 g/mol. The molecule has 3 amide bonds. The van der Waals surface area contributed by atoms with Crippen LogP contribution in [0.4, 0.5) is 0 Å². The number of hydrogen-bond donors (Lipinski definition) is 2. The third kappa shape index (κ3) is 5.14. The molecule has 178 valence electrons. The number of amides is 3. The molecule has 1 saturated heterocycles. The summed E-state index contributed by atoms with van der Waals surface area (Å²) in [5, 5.41) is 6.00. The van der Waals surface area contributed by atoms with Gasteiger partial charge in [-0.2, -0.15) is 0 Å². The van der Waals surface area contributed by atoms with Gasteiger partial charge in [-0.25, -0.2) is 0 Å². The Bertz CT molecular complexity index is 908. The van der Waals surface area contributed by atoms with E-state index in [0.29, 0.717) is 18.5 Å². The van der Waals surface area contributed by atoms with Crippen LogP contribution >= 0.6 is 11.8 Å². The lowest BCUT2D eigenvalue weighted by Gasteiger charge is -2.39. The number of carbonyl (C=O) groups excluding carboxylic acids is 3. The number of nitrogens with one attached hydrogen (secondary N) is 2. The summed E-state index contributed by atoms with van der Waals surface area (Å²) in [6, 6.07) is 5.30. The van der Waals surface area contributed by atoms with Crippen LogP contribution in [0.25, 0.3) is 0 Å². The lowest BCUT2D eigenvalue weighted by Crippen LogP contribution is -2.52. The Morgan fingerprint density at radius 3 is 2.64 bits per heavy atom. The summed E-state index contributed by atoms with van der Waals surface area (Å²) < 4.78 is 0. The highest BCUT2D eigenvalue weighted by atomic mass is 32.2. The van der Waals surface area contributed by atoms with E-state index in [-0.39, 0.29) is 24.1 Å². The highest BCUT2D eigenvalue weighted by Crippen LogP contribution is 2.43. The van der Waals surface area contributed by atoms with Crippen molar-refractivity contribution >= 4 is 29.5 Å². The zero-order valence-corrected chi connectivity index (χ0v) is 20.1. The van der Waals surface area contributed by atoms with E-state index in [1.165, 1.54) is 44.9 Å². The first-order valence-electron chi connectivity index (χ1n) is 12.7. The Morgan fingerprint density at radius 2 is 1.85 bits per heavy atom. The van der Waals surface area contributed by atoms with E-state index in [4.69, 9.17) is 0 Å². The molecule has 2 bridgehead atoms. The number of carbonyl (C=O) groups is 3. The van der Waals surface area contributed by atoms with Gasteiger partial charge in [0.25, 0.3) is 5.91 Å². The number of rotatable bonds is 8. The van der Waals surface area contributed by atoms with Crippen molar-refractivity contribution in [3.8, 4) is 0 Å². The van der Waals surface area contributed by atoms with Crippen molar-refractivity contribution in [2.75, 3.05) is 18.8 Å². The number of hydrogen-bond acceptors (Lipinski definition) is 5. The van der Waals surface area contributed by atoms with Crippen LogP contribution < -0.4 is 10.6 Å². The predicted molar refractivity (Wildman–Crippen MR) is 129 cm³/mol. The molecular formula is C26H35N3O3S. The second kappa shape index (κ2) is 10.2. The number of thioether (sulfide) groups is 1. The molecule has 2 saturated carbocycles. The average Bonchev–Trinajstić information content (AvgIpc) is 3.13. The third-order valence-electron chi connectivity index (χ3n) is 8.03. The van der Waals surface area contributed by atoms with Gasteiger partial charge < -0.3 is 10.2 Å². The van der Waals surface area contributed by atoms with Gasteiger partial charge in [-0.15, -0.1) is 11.8 Å². The number of piperidine rings is 1. The van der Waals surface area contributed by atoms with Gasteiger partial charge in [-0.1, -0.05) is 25.3 Å². The van der Waals surface area contributed by atoms with Gasteiger partial charge in [0, 0.05) is 35.7 Å². The van der Waals surface area contributed by atoms with Crippen LogP contribution in [0.15, 0.2) is 23.1 Å². The summed E-state index contributed by atoms with van der Waals surface area (Å²) in [5.74, 6) is 3.16. The quantitative estimate of drug-likeness (QED) is 0.345. The van der Waals surface area contributed by atoms with Gasteiger partial charge >= 0.3 is 0 Å². The Kier molecular flexibility index (Phi) is 7.07. The van der Waals surface area contributed by atoms with Crippen LogP contribution in [-0.2, 0) is 16.1 Å². The summed E-state index contributed by atoms with van der Waals surface area (Å²) in [5.41, 5.74) is 1.71. The smallest absolute Gasteiger partial charge is 0.255 e.